The van der Waals surface area contributed by atoms with Gasteiger partial charge in [-0.05, 0) is 30.8 Å². The van der Waals surface area contributed by atoms with Gasteiger partial charge < -0.3 is 0 Å². The minimum absolute atomic E-state index is 0.0885. The van der Waals surface area contributed by atoms with Gasteiger partial charge in [-0.15, -0.1) is 0 Å². The van der Waals surface area contributed by atoms with Crippen LogP contribution >= 0.6 is 35.0 Å². The van der Waals surface area contributed by atoms with E-state index in [1.54, 1.807) is 6.92 Å². The molecule has 0 spiro atoms. The van der Waals surface area contributed by atoms with Gasteiger partial charge >= 0.3 is 5.51 Å². The summed E-state index contributed by atoms with van der Waals surface area (Å²) >= 11 is 11.6. The van der Waals surface area contributed by atoms with Crippen LogP contribution in [0.1, 0.15) is 5.56 Å². The van der Waals surface area contributed by atoms with Crippen LogP contribution in [0.25, 0.3) is 11.4 Å². The van der Waals surface area contributed by atoms with Crippen molar-refractivity contribution in [1.29, 1.82) is 0 Å². The summed E-state index contributed by atoms with van der Waals surface area (Å²) in [5, 5.41) is 0.433. The SMILES string of the molecule is Cc1c(Cl)nc(-c2ccc(SC(F)(F)F)cc2)nc1Cl. The Bertz CT molecular complexity index is 607. The van der Waals surface area contributed by atoms with Crippen molar-refractivity contribution in [2.45, 2.75) is 17.3 Å². The van der Waals surface area contributed by atoms with Gasteiger partial charge in [0.15, 0.2) is 5.82 Å². The van der Waals surface area contributed by atoms with E-state index in [4.69, 9.17) is 23.2 Å². The molecule has 0 aliphatic carbocycles. The highest BCUT2D eigenvalue weighted by Gasteiger charge is 2.29. The molecule has 1 aromatic carbocycles. The lowest BCUT2D eigenvalue weighted by molar-refractivity contribution is -0.0328. The van der Waals surface area contributed by atoms with Crippen LogP contribution in [-0.2, 0) is 0 Å². The molecule has 0 atom stereocenters. The van der Waals surface area contributed by atoms with Crippen molar-refractivity contribution in [3.8, 4) is 11.4 Å². The normalized spacial score (nSPS) is 11.7. The molecule has 0 N–H and O–H groups in total. The number of benzene rings is 1. The average molecular weight is 339 g/mol. The first-order valence-corrected chi connectivity index (χ1v) is 6.89. The van der Waals surface area contributed by atoms with Gasteiger partial charge in [0.05, 0.1) is 0 Å². The van der Waals surface area contributed by atoms with Crippen molar-refractivity contribution in [3.63, 3.8) is 0 Å². The molecule has 0 saturated carbocycles. The molecule has 0 aliphatic rings. The number of aromatic nitrogens is 2. The van der Waals surface area contributed by atoms with E-state index in [0.717, 1.165) is 0 Å². The molecule has 0 amide bonds. The first-order valence-electron chi connectivity index (χ1n) is 5.32. The van der Waals surface area contributed by atoms with Crippen LogP contribution in [0.4, 0.5) is 13.2 Å². The van der Waals surface area contributed by atoms with Gasteiger partial charge in [0.2, 0.25) is 0 Å². The third-order valence-electron chi connectivity index (χ3n) is 2.37. The third kappa shape index (κ3) is 3.77. The average Bonchev–Trinajstić information content (AvgIpc) is 2.34. The minimum Gasteiger partial charge on any atom is -0.216 e. The highest BCUT2D eigenvalue weighted by Crippen LogP contribution is 2.37. The first kappa shape index (κ1) is 15.4. The molecule has 106 valence electrons. The van der Waals surface area contributed by atoms with Gasteiger partial charge in [0.25, 0.3) is 0 Å². The zero-order valence-corrected chi connectivity index (χ0v) is 12.3. The van der Waals surface area contributed by atoms with Crippen molar-refractivity contribution in [2.75, 3.05) is 0 Å². The molecular formula is C12H7Cl2F3N2S. The predicted molar refractivity (Wildman–Crippen MR) is 74.1 cm³/mol. The Kier molecular flexibility index (Phi) is 4.46. The second-order valence-electron chi connectivity index (χ2n) is 3.83. The fourth-order valence-corrected chi connectivity index (χ4v) is 2.33. The number of hydrogen-bond donors (Lipinski definition) is 0. The van der Waals surface area contributed by atoms with Crippen molar-refractivity contribution in [2.24, 2.45) is 0 Å². The van der Waals surface area contributed by atoms with Crippen molar-refractivity contribution >= 4 is 35.0 Å². The molecule has 0 saturated heterocycles. The molecule has 2 aromatic rings. The molecule has 0 aliphatic heterocycles. The van der Waals surface area contributed by atoms with Gasteiger partial charge in [-0.3, -0.25) is 0 Å². The van der Waals surface area contributed by atoms with E-state index in [1.165, 1.54) is 24.3 Å². The van der Waals surface area contributed by atoms with Crippen LogP contribution in [0.3, 0.4) is 0 Å². The van der Waals surface area contributed by atoms with Crippen LogP contribution in [-0.4, -0.2) is 15.5 Å². The van der Waals surface area contributed by atoms with Gasteiger partial charge in [0, 0.05) is 16.0 Å². The van der Waals surface area contributed by atoms with E-state index < -0.39 is 5.51 Å². The maximum atomic E-state index is 12.2. The molecule has 0 bridgehead atoms. The summed E-state index contributed by atoms with van der Waals surface area (Å²) in [6.07, 6.45) is 0. The lowest BCUT2D eigenvalue weighted by Crippen LogP contribution is -1.99. The summed E-state index contributed by atoms with van der Waals surface area (Å²) in [6.45, 7) is 1.68. The highest BCUT2D eigenvalue weighted by molar-refractivity contribution is 8.00. The summed E-state index contributed by atoms with van der Waals surface area (Å²) in [4.78, 5) is 8.19. The topological polar surface area (TPSA) is 25.8 Å². The van der Waals surface area contributed by atoms with E-state index in [-0.39, 0.29) is 32.8 Å². The van der Waals surface area contributed by atoms with Crippen LogP contribution < -0.4 is 0 Å². The van der Waals surface area contributed by atoms with Crippen LogP contribution in [0, 0.1) is 6.92 Å². The second kappa shape index (κ2) is 5.79. The Morgan fingerprint density at radius 3 is 1.95 bits per heavy atom. The number of halogens is 5. The monoisotopic (exact) mass is 338 g/mol. The van der Waals surface area contributed by atoms with E-state index in [1.807, 2.05) is 0 Å². The van der Waals surface area contributed by atoms with Gasteiger partial charge in [-0.25, -0.2) is 9.97 Å². The maximum Gasteiger partial charge on any atom is 0.446 e. The number of alkyl halides is 3. The van der Waals surface area contributed by atoms with Crippen molar-refractivity contribution in [3.05, 3.63) is 40.1 Å². The van der Waals surface area contributed by atoms with E-state index in [9.17, 15) is 13.2 Å². The minimum atomic E-state index is -4.31. The largest absolute Gasteiger partial charge is 0.446 e. The van der Waals surface area contributed by atoms with Gasteiger partial charge in [-0.1, -0.05) is 35.3 Å². The Balaban J connectivity index is 2.31. The molecule has 8 heteroatoms. The number of rotatable bonds is 2. The number of nitrogens with zero attached hydrogens (tertiary/aromatic N) is 2. The number of hydrogen-bond acceptors (Lipinski definition) is 3. The zero-order chi connectivity index (χ0) is 14.9. The lowest BCUT2D eigenvalue weighted by atomic mass is 10.2. The van der Waals surface area contributed by atoms with Gasteiger partial charge in [-0.2, -0.15) is 13.2 Å². The summed E-state index contributed by atoms with van der Waals surface area (Å²) in [5.74, 6) is 0.272. The quantitative estimate of drug-likeness (QED) is 0.543. The summed E-state index contributed by atoms with van der Waals surface area (Å²) in [6, 6.07) is 5.67. The highest BCUT2D eigenvalue weighted by atomic mass is 35.5. The Hall–Kier alpha value is -0.980. The molecule has 0 fully saturated rings. The van der Waals surface area contributed by atoms with Crippen LogP contribution in [0.15, 0.2) is 29.2 Å². The fraction of sp³-hybridized carbons (Fsp3) is 0.167. The summed E-state index contributed by atoms with van der Waals surface area (Å²) in [5.41, 5.74) is -3.21. The molecule has 1 heterocycles. The molecule has 1 aromatic heterocycles. The molecular weight excluding hydrogens is 332 g/mol. The standard InChI is InChI=1S/C12H7Cl2F3N2S/c1-6-9(13)18-11(19-10(6)14)7-2-4-8(5-3-7)20-12(15,16)17/h2-5H,1H3. The number of thioether (sulfide) groups is 1. The Morgan fingerprint density at radius 2 is 1.50 bits per heavy atom. The van der Waals surface area contributed by atoms with Crippen LogP contribution in [0.2, 0.25) is 10.3 Å². The second-order valence-corrected chi connectivity index (χ2v) is 5.68. The molecule has 0 unspecified atom stereocenters. The van der Waals surface area contributed by atoms with Crippen molar-refractivity contribution < 1.29 is 13.2 Å². The summed E-state index contributed by atoms with van der Waals surface area (Å²) in [7, 11) is 0. The summed E-state index contributed by atoms with van der Waals surface area (Å²) < 4.78 is 36.7. The Morgan fingerprint density at radius 1 is 1.00 bits per heavy atom. The van der Waals surface area contributed by atoms with E-state index >= 15 is 0 Å². The fourth-order valence-electron chi connectivity index (χ4n) is 1.40. The third-order valence-corrected chi connectivity index (χ3v) is 3.85. The maximum absolute atomic E-state index is 12.2. The van der Waals surface area contributed by atoms with E-state index in [0.29, 0.717) is 11.1 Å². The van der Waals surface area contributed by atoms with E-state index in [2.05, 4.69) is 9.97 Å². The molecule has 0 radical (unpaired) electrons. The first-order chi connectivity index (χ1) is 9.26. The smallest absolute Gasteiger partial charge is 0.216 e. The Labute approximate surface area is 127 Å². The molecule has 20 heavy (non-hydrogen) atoms. The van der Waals surface area contributed by atoms with Crippen molar-refractivity contribution in [1.82, 2.24) is 9.97 Å². The van der Waals surface area contributed by atoms with Gasteiger partial charge in [0.1, 0.15) is 10.3 Å². The van der Waals surface area contributed by atoms with Crippen LogP contribution in [0.5, 0.6) is 0 Å². The predicted octanol–water partition coefficient (Wildman–Crippen LogP) is 5.37. The zero-order valence-electron chi connectivity index (χ0n) is 10.0. The molecule has 2 rings (SSSR count). The molecule has 2 nitrogen and oxygen atoms in total. The lowest BCUT2D eigenvalue weighted by Gasteiger charge is -2.07.